The molecule has 0 saturated carbocycles. The van der Waals surface area contributed by atoms with Crippen LogP contribution in [0.3, 0.4) is 0 Å². The molecule has 0 aliphatic heterocycles. The number of aryl methyl sites for hydroxylation is 1. The van der Waals surface area contributed by atoms with E-state index < -0.39 is 10.0 Å². The van der Waals surface area contributed by atoms with E-state index in [1.54, 1.807) is 20.9 Å². The number of carbonyl (C=O) groups is 2. The van der Waals surface area contributed by atoms with Crippen LogP contribution in [0.5, 0.6) is 0 Å². The lowest BCUT2D eigenvalue weighted by Crippen LogP contribution is -2.30. The summed E-state index contributed by atoms with van der Waals surface area (Å²) in [7, 11) is -1.99. The third kappa shape index (κ3) is 4.83. The van der Waals surface area contributed by atoms with Crippen LogP contribution in [0, 0.1) is 0 Å². The molecule has 31 heavy (non-hydrogen) atoms. The molecule has 2 amide bonds. The molecule has 1 heterocycles. The Balaban J connectivity index is 1.86. The topological polar surface area (TPSA) is 95.6 Å². The van der Waals surface area contributed by atoms with Crippen molar-refractivity contribution in [3.8, 4) is 0 Å². The van der Waals surface area contributed by atoms with Crippen LogP contribution >= 0.6 is 11.3 Å². The van der Waals surface area contributed by atoms with Crippen LogP contribution in [0.15, 0.2) is 29.2 Å². The number of anilines is 1. The highest BCUT2D eigenvalue weighted by molar-refractivity contribution is 7.89. The zero-order valence-electron chi connectivity index (χ0n) is 18.2. The Morgan fingerprint density at radius 1 is 1.00 bits per heavy atom. The molecule has 1 aromatic heterocycles. The van der Waals surface area contributed by atoms with Crippen molar-refractivity contribution in [3.63, 3.8) is 0 Å². The van der Waals surface area contributed by atoms with E-state index in [-0.39, 0.29) is 16.7 Å². The maximum atomic E-state index is 12.9. The maximum absolute atomic E-state index is 12.9. The van der Waals surface area contributed by atoms with Crippen molar-refractivity contribution in [1.29, 1.82) is 0 Å². The van der Waals surface area contributed by atoms with Gasteiger partial charge in [0.15, 0.2) is 0 Å². The number of amides is 2. The summed E-state index contributed by atoms with van der Waals surface area (Å²) in [5.74, 6) is -0.566. The van der Waals surface area contributed by atoms with E-state index in [1.807, 2.05) is 0 Å². The van der Waals surface area contributed by atoms with Gasteiger partial charge >= 0.3 is 0 Å². The van der Waals surface area contributed by atoms with Gasteiger partial charge in [0.25, 0.3) is 11.8 Å². The molecule has 3 rings (SSSR count). The number of sulfonamides is 1. The molecule has 0 fully saturated rings. The van der Waals surface area contributed by atoms with Crippen molar-refractivity contribution >= 4 is 38.2 Å². The Labute approximate surface area is 187 Å². The predicted molar refractivity (Wildman–Crippen MR) is 123 cm³/mol. The zero-order chi connectivity index (χ0) is 22.6. The van der Waals surface area contributed by atoms with Crippen LogP contribution in [0.2, 0.25) is 0 Å². The van der Waals surface area contributed by atoms with Crippen molar-refractivity contribution in [2.24, 2.45) is 0 Å². The summed E-state index contributed by atoms with van der Waals surface area (Å²) in [6, 6.07) is 5.91. The minimum absolute atomic E-state index is 0.154. The lowest BCUT2D eigenvalue weighted by atomic mass is 10.0. The van der Waals surface area contributed by atoms with Crippen LogP contribution in [0.4, 0.5) is 5.00 Å². The standard InChI is InChI=1S/C22H29N3O4S2/c1-4-25(5-2)31(28,29)16-13-11-15(12-14-16)20(26)24-22-19(21(27)23-3)17-9-7-6-8-10-18(17)30-22/h11-14H,4-10H2,1-3H3,(H,23,27)(H,24,26). The van der Waals surface area contributed by atoms with Gasteiger partial charge in [0.1, 0.15) is 5.00 Å². The molecule has 0 spiro atoms. The van der Waals surface area contributed by atoms with Crippen molar-refractivity contribution in [1.82, 2.24) is 9.62 Å². The van der Waals surface area contributed by atoms with Crippen molar-refractivity contribution in [3.05, 3.63) is 45.8 Å². The molecule has 9 heteroatoms. The number of nitrogens with zero attached hydrogens (tertiary/aromatic N) is 1. The van der Waals surface area contributed by atoms with Gasteiger partial charge < -0.3 is 10.6 Å². The van der Waals surface area contributed by atoms with Gasteiger partial charge in [-0.3, -0.25) is 9.59 Å². The van der Waals surface area contributed by atoms with Gasteiger partial charge in [-0.1, -0.05) is 20.3 Å². The fraction of sp³-hybridized carbons (Fsp3) is 0.455. The third-order valence-electron chi connectivity index (χ3n) is 5.56. The molecular formula is C22H29N3O4S2. The molecule has 168 valence electrons. The van der Waals surface area contributed by atoms with E-state index in [1.165, 1.54) is 39.9 Å². The highest BCUT2D eigenvalue weighted by Gasteiger charge is 2.26. The lowest BCUT2D eigenvalue weighted by Gasteiger charge is -2.18. The Morgan fingerprint density at radius 3 is 2.26 bits per heavy atom. The minimum Gasteiger partial charge on any atom is -0.355 e. The molecule has 1 aliphatic rings. The first-order valence-corrected chi connectivity index (χ1v) is 12.9. The molecule has 7 nitrogen and oxygen atoms in total. The fourth-order valence-electron chi connectivity index (χ4n) is 3.86. The number of thiophene rings is 1. The number of benzene rings is 1. The third-order valence-corrected chi connectivity index (χ3v) is 8.83. The van der Waals surface area contributed by atoms with Gasteiger partial charge in [-0.15, -0.1) is 11.3 Å². The lowest BCUT2D eigenvalue weighted by molar-refractivity contribution is 0.0963. The summed E-state index contributed by atoms with van der Waals surface area (Å²) in [6.07, 6.45) is 5.00. The van der Waals surface area contributed by atoms with Gasteiger partial charge in [0, 0.05) is 30.6 Å². The highest BCUT2D eigenvalue weighted by atomic mass is 32.2. The van der Waals surface area contributed by atoms with E-state index in [0.717, 1.165) is 42.5 Å². The Hall–Kier alpha value is -2.23. The van der Waals surface area contributed by atoms with Gasteiger partial charge in [-0.05, 0) is 55.5 Å². The Bertz CT molecular complexity index is 1060. The first-order chi connectivity index (χ1) is 14.8. The molecular weight excluding hydrogens is 434 g/mol. The molecule has 2 N–H and O–H groups in total. The van der Waals surface area contributed by atoms with Crippen LogP contribution in [-0.4, -0.2) is 44.7 Å². The smallest absolute Gasteiger partial charge is 0.256 e. The van der Waals surface area contributed by atoms with E-state index in [4.69, 9.17) is 0 Å². The predicted octanol–water partition coefficient (Wildman–Crippen LogP) is 3.66. The van der Waals surface area contributed by atoms with Crippen LogP contribution in [-0.2, 0) is 22.9 Å². The van der Waals surface area contributed by atoms with E-state index >= 15 is 0 Å². The highest BCUT2D eigenvalue weighted by Crippen LogP contribution is 2.37. The van der Waals surface area contributed by atoms with Gasteiger partial charge in [0.2, 0.25) is 10.0 Å². The van der Waals surface area contributed by atoms with Gasteiger partial charge in [-0.2, -0.15) is 4.31 Å². The van der Waals surface area contributed by atoms with E-state index in [2.05, 4.69) is 10.6 Å². The maximum Gasteiger partial charge on any atom is 0.256 e. The second-order valence-corrected chi connectivity index (χ2v) is 10.5. The number of fused-ring (bicyclic) bond motifs is 1. The second kappa shape index (κ2) is 9.93. The average Bonchev–Trinajstić information content (AvgIpc) is 2.94. The van der Waals surface area contributed by atoms with Gasteiger partial charge in [0.05, 0.1) is 10.5 Å². The quantitative estimate of drug-likeness (QED) is 0.613. The van der Waals surface area contributed by atoms with Crippen molar-refractivity contribution in [2.45, 2.75) is 50.8 Å². The van der Waals surface area contributed by atoms with E-state index in [0.29, 0.717) is 29.2 Å². The zero-order valence-corrected chi connectivity index (χ0v) is 19.8. The molecule has 0 atom stereocenters. The Morgan fingerprint density at radius 2 is 1.65 bits per heavy atom. The largest absolute Gasteiger partial charge is 0.355 e. The molecule has 0 unspecified atom stereocenters. The van der Waals surface area contributed by atoms with Crippen LogP contribution in [0.25, 0.3) is 0 Å². The molecule has 0 radical (unpaired) electrons. The summed E-state index contributed by atoms with van der Waals surface area (Å²) >= 11 is 1.46. The summed E-state index contributed by atoms with van der Waals surface area (Å²) in [5.41, 5.74) is 1.93. The minimum atomic E-state index is -3.58. The second-order valence-electron chi connectivity index (χ2n) is 7.42. The average molecular weight is 464 g/mol. The number of rotatable bonds is 7. The molecule has 1 aliphatic carbocycles. The molecule has 0 bridgehead atoms. The summed E-state index contributed by atoms with van der Waals surface area (Å²) in [6.45, 7) is 4.34. The first-order valence-electron chi connectivity index (χ1n) is 10.6. The number of hydrogen-bond donors (Lipinski definition) is 2. The fourth-order valence-corrected chi connectivity index (χ4v) is 6.60. The first kappa shape index (κ1) is 23.4. The van der Waals surface area contributed by atoms with Crippen LogP contribution in [0.1, 0.15) is 64.3 Å². The van der Waals surface area contributed by atoms with Crippen LogP contribution < -0.4 is 10.6 Å². The van der Waals surface area contributed by atoms with Gasteiger partial charge in [-0.25, -0.2) is 8.42 Å². The molecule has 2 aromatic rings. The summed E-state index contributed by atoms with van der Waals surface area (Å²) in [4.78, 5) is 26.7. The Kier molecular flexibility index (Phi) is 7.51. The molecule has 0 saturated heterocycles. The molecule has 1 aromatic carbocycles. The number of hydrogen-bond acceptors (Lipinski definition) is 5. The van der Waals surface area contributed by atoms with Crippen molar-refractivity contribution in [2.75, 3.05) is 25.5 Å². The monoisotopic (exact) mass is 463 g/mol. The number of nitrogens with one attached hydrogen (secondary N) is 2. The van der Waals surface area contributed by atoms with Crippen molar-refractivity contribution < 1.29 is 18.0 Å². The van der Waals surface area contributed by atoms with E-state index in [9.17, 15) is 18.0 Å². The SMILES string of the molecule is CCN(CC)S(=O)(=O)c1ccc(C(=O)Nc2sc3c(c2C(=O)NC)CCCCC3)cc1. The summed E-state index contributed by atoms with van der Waals surface area (Å²) in [5, 5.41) is 6.12. The normalized spacial score (nSPS) is 14.1. The number of carbonyl (C=O) groups excluding carboxylic acids is 2. The summed E-state index contributed by atoms with van der Waals surface area (Å²) < 4.78 is 26.7.